The summed E-state index contributed by atoms with van der Waals surface area (Å²) in [7, 11) is 0. The van der Waals surface area contributed by atoms with E-state index in [1.54, 1.807) is 6.07 Å². The number of nitrogens with zero attached hydrogens (tertiary/aromatic N) is 3. The fourth-order valence-corrected chi connectivity index (χ4v) is 4.57. The minimum absolute atomic E-state index is 0.0340. The highest BCUT2D eigenvalue weighted by Crippen LogP contribution is 2.39. The van der Waals surface area contributed by atoms with Crippen molar-refractivity contribution in [2.24, 2.45) is 0 Å². The normalized spacial score (nSPS) is 22.8. The van der Waals surface area contributed by atoms with Gasteiger partial charge in [0, 0.05) is 36.8 Å². The first kappa shape index (κ1) is 21.4. The van der Waals surface area contributed by atoms with E-state index in [-0.39, 0.29) is 12.1 Å². The fraction of sp³-hybridized carbons (Fsp3) is 0.524. The number of pyridine rings is 1. The summed E-state index contributed by atoms with van der Waals surface area (Å²) < 4.78 is 5.55. The summed E-state index contributed by atoms with van der Waals surface area (Å²) in [6.45, 7) is 3.96. The van der Waals surface area contributed by atoms with E-state index in [2.05, 4.69) is 9.80 Å². The molecule has 3 heterocycles. The predicted molar refractivity (Wildman–Crippen MR) is 118 cm³/mol. The van der Waals surface area contributed by atoms with Crippen molar-refractivity contribution in [3.63, 3.8) is 0 Å². The number of benzene rings is 1. The van der Waals surface area contributed by atoms with Crippen molar-refractivity contribution >= 4 is 51.6 Å². The molecular weight excluding hydrogens is 429 g/mol. The second-order valence-corrected chi connectivity index (χ2v) is 8.73. The van der Waals surface area contributed by atoms with E-state index in [4.69, 9.17) is 38.0 Å². The van der Waals surface area contributed by atoms with E-state index < -0.39 is 12.1 Å². The van der Waals surface area contributed by atoms with E-state index in [0.717, 1.165) is 42.8 Å². The summed E-state index contributed by atoms with van der Waals surface area (Å²) in [5.74, 6) is -0.211. The van der Waals surface area contributed by atoms with Crippen LogP contribution in [0, 0.1) is 0 Å². The minimum atomic E-state index is -0.973. The van der Waals surface area contributed by atoms with Gasteiger partial charge in [0.1, 0.15) is 5.82 Å². The van der Waals surface area contributed by atoms with Crippen molar-refractivity contribution < 1.29 is 19.7 Å². The molecule has 2 aliphatic heterocycles. The lowest BCUT2D eigenvalue weighted by atomic mass is 10.1. The largest absolute Gasteiger partial charge is 0.479 e. The SMILES string of the molecule is CC(OC[C@@H]1CCCN1c1cc(N2CC[C@@H](O)C2)c2ccc(Cl)c(Cl)c2n1)C(=O)O. The number of fused-ring (bicyclic) bond motifs is 1. The first-order chi connectivity index (χ1) is 14.3. The van der Waals surface area contributed by atoms with Crippen molar-refractivity contribution in [2.45, 2.75) is 44.4 Å². The first-order valence-corrected chi connectivity index (χ1v) is 10.9. The lowest BCUT2D eigenvalue weighted by Crippen LogP contribution is -2.36. The van der Waals surface area contributed by atoms with Crippen LogP contribution in [0.2, 0.25) is 10.0 Å². The van der Waals surface area contributed by atoms with Crippen LogP contribution in [0.5, 0.6) is 0 Å². The maximum atomic E-state index is 11.1. The molecular formula is C21H25Cl2N3O4. The van der Waals surface area contributed by atoms with Gasteiger partial charge in [-0.05, 0) is 38.3 Å². The van der Waals surface area contributed by atoms with E-state index in [0.29, 0.717) is 35.1 Å². The topological polar surface area (TPSA) is 86.1 Å². The van der Waals surface area contributed by atoms with Crippen LogP contribution in [-0.4, -0.2) is 65.7 Å². The number of rotatable bonds is 6. The molecule has 2 aromatic rings. The molecule has 30 heavy (non-hydrogen) atoms. The summed E-state index contributed by atoms with van der Waals surface area (Å²) in [5.41, 5.74) is 1.60. The maximum Gasteiger partial charge on any atom is 0.332 e. The Kier molecular flexibility index (Phi) is 6.25. The van der Waals surface area contributed by atoms with E-state index in [1.165, 1.54) is 6.92 Å². The Labute approximate surface area is 185 Å². The molecule has 2 aliphatic rings. The highest BCUT2D eigenvalue weighted by molar-refractivity contribution is 6.45. The van der Waals surface area contributed by atoms with Crippen molar-refractivity contribution in [1.82, 2.24) is 4.98 Å². The van der Waals surface area contributed by atoms with Crippen LogP contribution in [-0.2, 0) is 9.53 Å². The average molecular weight is 454 g/mol. The van der Waals surface area contributed by atoms with Gasteiger partial charge in [0.15, 0.2) is 6.10 Å². The Morgan fingerprint density at radius 2 is 2.13 bits per heavy atom. The molecule has 162 valence electrons. The standard InChI is InChI=1S/C21H25Cl2N3O4/c1-12(21(28)29)30-11-13-3-2-7-26(13)18-9-17(25-8-6-14(27)10-25)15-4-5-16(22)19(23)20(15)24-18/h4-5,9,12-14,27H,2-3,6-8,10-11H2,1H3,(H,28,29)/t12?,13-,14+/m0/s1. The smallest absolute Gasteiger partial charge is 0.332 e. The number of hydrogen-bond acceptors (Lipinski definition) is 6. The zero-order valence-corrected chi connectivity index (χ0v) is 18.2. The zero-order valence-electron chi connectivity index (χ0n) is 16.7. The Hall–Kier alpha value is -1.80. The summed E-state index contributed by atoms with van der Waals surface area (Å²) in [6.07, 6.45) is 1.37. The number of aromatic nitrogens is 1. The molecule has 2 fully saturated rings. The fourth-order valence-electron chi connectivity index (χ4n) is 4.21. The number of halogens is 2. The highest BCUT2D eigenvalue weighted by atomic mass is 35.5. The van der Waals surface area contributed by atoms with Crippen LogP contribution in [0.4, 0.5) is 11.5 Å². The summed E-state index contributed by atoms with van der Waals surface area (Å²) in [6, 6.07) is 5.75. The summed E-state index contributed by atoms with van der Waals surface area (Å²) in [5, 5.41) is 20.9. The van der Waals surface area contributed by atoms with Gasteiger partial charge in [-0.25, -0.2) is 9.78 Å². The molecule has 2 N–H and O–H groups in total. The van der Waals surface area contributed by atoms with Crippen LogP contribution in [0.25, 0.3) is 10.9 Å². The zero-order chi connectivity index (χ0) is 21.4. The number of β-amino-alcohol motifs (C(OH)–C–C–N with tert-alkyl or cyclic N) is 1. The number of carboxylic acids is 1. The van der Waals surface area contributed by atoms with Crippen molar-refractivity contribution in [3.8, 4) is 0 Å². The Bertz CT molecular complexity index is 957. The molecule has 0 amide bonds. The van der Waals surface area contributed by atoms with Gasteiger partial charge in [-0.2, -0.15) is 0 Å². The molecule has 1 aromatic heterocycles. The number of anilines is 2. The third-order valence-corrected chi connectivity index (χ3v) is 6.69. The molecule has 0 spiro atoms. The monoisotopic (exact) mass is 453 g/mol. The maximum absolute atomic E-state index is 11.1. The van der Waals surface area contributed by atoms with Crippen molar-refractivity contribution in [2.75, 3.05) is 36.0 Å². The van der Waals surface area contributed by atoms with Crippen LogP contribution in [0.1, 0.15) is 26.2 Å². The number of ether oxygens (including phenoxy) is 1. The van der Waals surface area contributed by atoms with Gasteiger partial charge in [-0.3, -0.25) is 0 Å². The highest BCUT2D eigenvalue weighted by Gasteiger charge is 2.30. The van der Waals surface area contributed by atoms with Gasteiger partial charge in [0.25, 0.3) is 0 Å². The van der Waals surface area contributed by atoms with Crippen LogP contribution in [0.3, 0.4) is 0 Å². The Balaban J connectivity index is 1.71. The minimum Gasteiger partial charge on any atom is -0.479 e. The molecule has 1 aromatic carbocycles. The lowest BCUT2D eigenvalue weighted by molar-refractivity contribution is -0.149. The van der Waals surface area contributed by atoms with E-state index >= 15 is 0 Å². The molecule has 4 rings (SSSR count). The number of carboxylic acid groups (broad SMARTS) is 1. The molecule has 7 nitrogen and oxygen atoms in total. The van der Waals surface area contributed by atoms with Gasteiger partial charge in [-0.15, -0.1) is 0 Å². The second-order valence-electron chi connectivity index (χ2n) is 7.95. The van der Waals surface area contributed by atoms with E-state index in [9.17, 15) is 9.90 Å². The molecule has 0 aliphatic carbocycles. The number of hydrogen-bond donors (Lipinski definition) is 2. The quantitative estimate of drug-likeness (QED) is 0.690. The Morgan fingerprint density at radius 1 is 1.33 bits per heavy atom. The van der Waals surface area contributed by atoms with Crippen LogP contribution < -0.4 is 9.80 Å². The van der Waals surface area contributed by atoms with Crippen molar-refractivity contribution in [1.29, 1.82) is 0 Å². The molecule has 0 radical (unpaired) electrons. The molecule has 2 saturated heterocycles. The number of aliphatic carboxylic acids is 1. The second kappa shape index (κ2) is 8.75. The molecule has 9 heteroatoms. The number of aliphatic hydroxyl groups is 1. The van der Waals surface area contributed by atoms with Gasteiger partial charge in [-0.1, -0.05) is 23.2 Å². The van der Waals surface area contributed by atoms with Gasteiger partial charge >= 0.3 is 5.97 Å². The number of aliphatic hydroxyl groups excluding tert-OH is 1. The van der Waals surface area contributed by atoms with Gasteiger partial charge in [0.2, 0.25) is 0 Å². The Morgan fingerprint density at radius 3 is 2.83 bits per heavy atom. The molecule has 3 atom stereocenters. The molecule has 0 bridgehead atoms. The van der Waals surface area contributed by atoms with Gasteiger partial charge < -0.3 is 24.7 Å². The van der Waals surface area contributed by atoms with Crippen molar-refractivity contribution in [3.05, 3.63) is 28.2 Å². The van der Waals surface area contributed by atoms with E-state index in [1.807, 2.05) is 12.1 Å². The van der Waals surface area contributed by atoms with Crippen LogP contribution >= 0.6 is 23.2 Å². The first-order valence-electron chi connectivity index (χ1n) is 10.2. The summed E-state index contributed by atoms with van der Waals surface area (Å²) >= 11 is 12.8. The molecule has 1 unspecified atom stereocenters. The predicted octanol–water partition coefficient (Wildman–Crippen LogP) is 3.57. The average Bonchev–Trinajstić information content (AvgIpc) is 3.37. The lowest BCUT2D eigenvalue weighted by Gasteiger charge is -2.29. The third kappa shape index (κ3) is 4.17. The molecule has 0 saturated carbocycles. The number of carbonyl (C=O) groups is 1. The van der Waals surface area contributed by atoms with Gasteiger partial charge in [0.05, 0.1) is 34.3 Å². The third-order valence-electron chi connectivity index (χ3n) is 5.90. The van der Waals surface area contributed by atoms with Crippen LogP contribution in [0.15, 0.2) is 18.2 Å². The summed E-state index contributed by atoms with van der Waals surface area (Å²) in [4.78, 5) is 20.2.